The molecule has 0 radical (unpaired) electrons. The Bertz CT molecular complexity index is 1240. The fourth-order valence-electron chi connectivity index (χ4n) is 4.14. The molecule has 4 rings (SSSR count). The fourth-order valence-corrected chi connectivity index (χ4v) is 4.37. The van der Waals surface area contributed by atoms with Crippen molar-refractivity contribution in [2.75, 3.05) is 0 Å². The number of nitriles is 1. The summed E-state index contributed by atoms with van der Waals surface area (Å²) in [7, 11) is 0. The highest BCUT2D eigenvalue weighted by molar-refractivity contribution is 6.33. The summed E-state index contributed by atoms with van der Waals surface area (Å²) in [5.74, 6) is -2.07. The highest BCUT2D eigenvalue weighted by Crippen LogP contribution is 2.39. The second-order valence-corrected chi connectivity index (χ2v) is 7.97. The molecule has 0 saturated carbocycles. The average Bonchev–Trinajstić information content (AvgIpc) is 3.24. The molecule has 160 valence electrons. The summed E-state index contributed by atoms with van der Waals surface area (Å²) in [6.45, 7) is 0. The summed E-state index contributed by atoms with van der Waals surface area (Å²) in [4.78, 5) is 26.4. The molecule has 1 fully saturated rings. The minimum atomic E-state index is -1.12. The Labute approximate surface area is 189 Å². The Kier molecular flexibility index (Phi) is 5.93. The number of hydrogen-bond acceptors (Lipinski definition) is 3. The second-order valence-electron chi connectivity index (χ2n) is 7.56. The number of benzene rings is 3. The third-order valence-corrected chi connectivity index (χ3v) is 6.04. The zero-order valence-corrected chi connectivity index (χ0v) is 17.6. The molecule has 1 aliphatic heterocycles. The van der Waals surface area contributed by atoms with Crippen LogP contribution in [0.3, 0.4) is 0 Å². The van der Waals surface area contributed by atoms with Gasteiger partial charge in [0, 0.05) is 21.7 Å². The maximum absolute atomic E-state index is 14.4. The number of likely N-dealkylation sites (tertiary alicyclic amines) is 1. The highest BCUT2D eigenvalue weighted by atomic mass is 35.5. The first-order valence-electron chi connectivity index (χ1n) is 10.0. The normalized spacial score (nSPS) is 17.7. The monoisotopic (exact) mass is 448 g/mol. The molecule has 3 aromatic carbocycles. The zero-order chi connectivity index (χ0) is 22.8. The van der Waals surface area contributed by atoms with Crippen LogP contribution in [0.4, 0.5) is 4.39 Å². The lowest BCUT2D eigenvalue weighted by atomic mass is 10.0. The van der Waals surface area contributed by atoms with Crippen LogP contribution in [0.15, 0.2) is 66.7 Å². The molecule has 0 bridgehead atoms. The number of hydrogen-bond donors (Lipinski definition) is 1. The molecule has 5 nitrogen and oxygen atoms in total. The molecule has 0 aromatic heterocycles. The third-order valence-electron chi connectivity index (χ3n) is 5.71. The van der Waals surface area contributed by atoms with Gasteiger partial charge in [-0.1, -0.05) is 41.9 Å². The summed E-state index contributed by atoms with van der Waals surface area (Å²) < 4.78 is 14.4. The molecule has 1 aliphatic rings. The van der Waals surface area contributed by atoms with E-state index in [0.717, 1.165) is 0 Å². The number of halogens is 2. The Morgan fingerprint density at radius 3 is 2.44 bits per heavy atom. The SMILES string of the molecule is N#Cc1ccc(Cl)c(-c2ccc(C(=O)N3[C@@H](c4ccccc4F)CC[C@H]3C(=O)O)cc2)c1. The molecular weight excluding hydrogens is 431 g/mol. The topological polar surface area (TPSA) is 81.4 Å². The van der Waals surface area contributed by atoms with Crippen LogP contribution in [0.25, 0.3) is 11.1 Å². The van der Waals surface area contributed by atoms with Gasteiger partial charge in [-0.25, -0.2) is 9.18 Å². The van der Waals surface area contributed by atoms with Gasteiger partial charge in [0.25, 0.3) is 5.91 Å². The van der Waals surface area contributed by atoms with Gasteiger partial charge in [0.15, 0.2) is 0 Å². The minimum Gasteiger partial charge on any atom is -0.480 e. The number of amides is 1. The number of rotatable bonds is 4. The molecule has 1 N–H and O–H groups in total. The van der Waals surface area contributed by atoms with Crippen LogP contribution in [0.1, 0.15) is 40.4 Å². The zero-order valence-electron chi connectivity index (χ0n) is 16.8. The Morgan fingerprint density at radius 1 is 1.06 bits per heavy atom. The Hall–Kier alpha value is -3.69. The quantitative estimate of drug-likeness (QED) is 0.575. The first-order chi connectivity index (χ1) is 15.4. The molecule has 0 aliphatic carbocycles. The second kappa shape index (κ2) is 8.81. The van der Waals surface area contributed by atoms with Gasteiger partial charge in [0.1, 0.15) is 11.9 Å². The molecule has 1 heterocycles. The number of nitrogens with zero attached hydrogens (tertiary/aromatic N) is 2. The van der Waals surface area contributed by atoms with E-state index in [1.165, 1.54) is 11.0 Å². The molecule has 1 saturated heterocycles. The number of carbonyl (C=O) groups is 2. The van der Waals surface area contributed by atoms with Gasteiger partial charge >= 0.3 is 5.97 Å². The van der Waals surface area contributed by atoms with Crippen molar-refractivity contribution in [3.05, 3.63) is 94.3 Å². The van der Waals surface area contributed by atoms with E-state index in [2.05, 4.69) is 6.07 Å². The molecule has 2 atom stereocenters. The van der Waals surface area contributed by atoms with Crippen LogP contribution in [-0.4, -0.2) is 27.9 Å². The smallest absolute Gasteiger partial charge is 0.326 e. The predicted molar refractivity (Wildman–Crippen MR) is 118 cm³/mol. The van der Waals surface area contributed by atoms with E-state index in [9.17, 15) is 19.1 Å². The van der Waals surface area contributed by atoms with Crippen molar-refractivity contribution >= 4 is 23.5 Å². The first kappa shape index (κ1) is 21.5. The van der Waals surface area contributed by atoms with Gasteiger partial charge in [-0.2, -0.15) is 5.26 Å². The summed E-state index contributed by atoms with van der Waals surface area (Å²) in [5, 5.41) is 19.3. The maximum Gasteiger partial charge on any atom is 0.326 e. The van der Waals surface area contributed by atoms with E-state index < -0.39 is 29.8 Å². The van der Waals surface area contributed by atoms with Crippen LogP contribution >= 0.6 is 11.6 Å². The average molecular weight is 449 g/mol. The van der Waals surface area contributed by atoms with E-state index in [1.807, 2.05) is 0 Å². The largest absolute Gasteiger partial charge is 0.480 e. The van der Waals surface area contributed by atoms with Gasteiger partial charge in [-0.3, -0.25) is 4.79 Å². The van der Waals surface area contributed by atoms with Crippen molar-refractivity contribution in [2.24, 2.45) is 0 Å². The number of carboxylic acids is 1. The molecule has 3 aromatic rings. The number of aliphatic carboxylic acids is 1. The summed E-state index contributed by atoms with van der Waals surface area (Å²) >= 11 is 6.26. The van der Waals surface area contributed by atoms with Crippen LogP contribution in [0, 0.1) is 17.1 Å². The lowest BCUT2D eigenvalue weighted by molar-refractivity contribution is -0.141. The molecule has 7 heteroatoms. The van der Waals surface area contributed by atoms with Gasteiger partial charge in [-0.15, -0.1) is 0 Å². The fraction of sp³-hybridized carbons (Fsp3) is 0.160. The lowest BCUT2D eigenvalue weighted by Gasteiger charge is -2.29. The summed E-state index contributed by atoms with van der Waals surface area (Å²) in [5.41, 5.74) is 2.42. The van der Waals surface area contributed by atoms with Crippen molar-refractivity contribution in [3.63, 3.8) is 0 Å². The van der Waals surface area contributed by atoms with Crippen molar-refractivity contribution in [2.45, 2.75) is 24.9 Å². The maximum atomic E-state index is 14.4. The van der Waals surface area contributed by atoms with Crippen molar-refractivity contribution in [3.8, 4) is 17.2 Å². The number of carbonyl (C=O) groups excluding carboxylic acids is 1. The van der Waals surface area contributed by atoms with Crippen molar-refractivity contribution in [1.29, 1.82) is 5.26 Å². The Balaban J connectivity index is 1.68. The van der Waals surface area contributed by atoms with Gasteiger partial charge in [0.2, 0.25) is 0 Å². The number of carboxylic acid groups (broad SMARTS) is 1. The van der Waals surface area contributed by atoms with Crippen molar-refractivity contribution in [1.82, 2.24) is 4.90 Å². The molecular formula is C25H18ClFN2O3. The van der Waals surface area contributed by atoms with E-state index in [4.69, 9.17) is 16.9 Å². The van der Waals surface area contributed by atoms with Crippen molar-refractivity contribution < 1.29 is 19.1 Å². The lowest BCUT2D eigenvalue weighted by Crippen LogP contribution is -2.42. The summed E-state index contributed by atoms with van der Waals surface area (Å²) in [6, 6.07) is 18.0. The summed E-state index contributed by atoms with van der Waals surface area (Å²) in [6.07, 6.45) is 0.604. The highest BCUT2D eigenvalue weighted by Gasteiger charge is 2.42. The molecule has 32 heavy (non-hydrogen) atoms. The molecule has 1 amide bonds. The Morgan fingerprint density at radius 2 is 1.78 bits per heavy atom. The standard InChI is InChI=1S/C25H18ClFN2O3/c26-20-10-5-15(14-28)13-19(20)16-6-8-17(9-7-16)24(30)29-22(11-12-23(29)25(31)32)18-3-1-2-4-21(18)27/h1-10,13,22-23H,11-12H2,(H,31,32)/t22-,23+/m1/s1. The van der Waals surface area contributed by atoms with E-state index >= 15 is 0 Å². The van der Waals surface area contributed by atoms with Crippen LogP contribution in [-0.2, 0) is 4.79 Å². The van der Waals surface area contributed by atoms with Crippen LogP contribution in [0.5, 0.6) is 0 Å². The third kappa shape index (κ3) is 3.95. The van der Waals surface area contributed by atoms with Gasteiger partial charge in [0.05, 0.1) is 17.7 Å². The van der Waals surface area contributed by atoms with Gasteiger partial charge < -0.3 is 10.0 Å². The van der Waals surface area contributed by atoms with Crippen LogP contribution in [0.2, 0.25) is 5.02 Å². The minimum absolute atomic E-state index is 0.245. The molecule has 0 unspecified atom stereocenters. The van der Waals surface area contributed by atoms with Crippen LogP contribution < -0.4 is 0 Å². The van der Waals surface area contributed by atoms with E-state index in [-0.39, 0.29) is 12.0 Å². The van der Waals surface area contributed by atoms with E-state index in [0.29, 0.717) is 33.7 Å². The predicted octanol–water partition coefficient (Wildman–Crippen LogP) is 5.45. The van der Waals surface area contributed by atoms with E-state index in [1.54, 1.807) is 60.7 Å². The first-order valence-corrected chi connectivity index (χ1v) is 10.4. The van der Waals surface area contributed by atoms with Gasteiger partial charge in [-0.05, 0) is 54.8 Å². The molecule has 0 spiro atoms.